The first-order valence-electron chi connectivity index (χ1n) is 15.1. The summed E-state index contributed by atoms with van der Waals surface area (Å²) in [6.07, 6.45) is 4.30. The molecule has 5 heteroatoms. The third-order valence-corrected chi connectivity index (χ3v) is 10.2. The lowest BCUT2D eigenvalue weighted by atomic mass is 9.78. The molecule has 42 heavy (non-hydrogen) atoms. The van der Waals surface area contributed by atoms with Gasteiger partial charge in [-0.15, -0.1) is 0 Å². The molecule has 0 saturated carbocycles. The Balaban J connectivity index is 1.42. The lowest BCUT2D eigenvalue weighted by Gasteiger charge is -2.27. The van der Waals surface area contributed by atoms with E-state index in [1.807, 2.05) is 24.3 Å². The first kappa shape index (κ1) is 31.4. The second kappa shape index (κ2) is 13.6. The van der Waals surface area contributed by atoms with Crippen LogP contribution in [-0.4, -0.2) is 14.5 Å². The van der Waals surface area contributed by atoms with Gasteiger partial charge in [-0.3, -0.25) is 0 Å². The van der Waals surface area contributed by atoms with Crippen LogP contribution in [0.4, 0.5) is 0 Å². The zero-order chi connectivity index (χ0) is 30.3. The maximum atomic E-state index is 13.2. The van der Waals surface area contributed by atoms with Crippen molar-refractivity contribution in [3.8, 4) is 17.2 Å². The van der Waals surface area contributed by atoms with Crippen LogP contribution in [0, 0.1) is 0 Å². The molecule has 0 amide bonds. The largest absolute Gasteiger partial charge is 0.490 e. The summed E-state index contributed by atoms with van der Waals surface area (Å²) in [6, 6.07) is 30.4. The van der Waals surface area contributed by atoms with Crippen molar-refractivity contribution in [2.24, 2.45) is 0 Å². The molecule has 0 spiro atoms. The van der Waals surface area contributed by atoms with Crippen LogP contribution in [-0.2, 0) is 15.3 Å². The maximum Gasteiger partial charge on any atom is 0.206 e. The number of sulfone groups is 1. The highest BCUT2D eigenvalue weighted by atomic mass is 32.2. The van der Waals surface area contributed by atoms with Crippen molar-refractivity contribution in [2.75, 3.05) is 0 Å². The van der Waals surface area contributed by atoms with Crippen LogP contribution in [0.2, 0.25) is 0 Å². The Morgan fingerprint density at radius 1 is 0.571 bits per heavy atom. The first-order valence-corrected chi connectivity index (χ1v) is 16.6. The Kier molecular flexibility index (Phi) is 10.2. The van der Waals surface area contributed by atoms with Crippen molar-refractivity contribution in [3.05, 3.63) is 114 Å². The highest BCUT2D eigenvalue weighted by Gasteiger charge is 2.23. The third-order valence-electron chi connectivity index (χ3n) is 8.38. The minimum Gasteiger partial charge on any atom is -0.490 e. The van der Waals surface area contributed by atoms with E-state index >= 15 is 0 Å². The number of hydrogen-bond acceptors (Lipinski definition) is 4. The van der Waals surface area contributed by atoms with Crippen LogP contribution in [0.1, 0.15) is 89.8 Å². The molecule has 0 radical (unpaired) electrons. The van der Waals surface area contributed by atoms with E-state index in [4.69, 9.17) is 9.47 Å². The Labute approximate surface area is 252 Å². The molecule has 222 valence electrons. The zero-order valence-corrected chi connectivity index (χ0v) is 26.6. The van der Waals surface area contributed by atoms with Crippen LogP contribution in [0.5, 0.6) is 17.2 Å². The molecule has 4 nitrogen and oxygen atoms in total. The quantitative estimate of drug-likeness (QED) is 0.157. The van der Waals surface area contributed by atoms with Crippen LogP contribution in [0.3, 0.4) is 0 Å². The van der Waals surface area contributed by atoms with Crippen molar-refractivity contribution in [2.45, 2.75) is 94.5 Å². The molecule has 0 aliphatic carbocycles. The molecule has 0 N–H and O–H groups in total. The molecular formula is C37H44O4S. The van der Waals surface area contributed by atoms with Crippen molar-refractivity contribution in [1.82, 2.24) is 0 Å². The fraction of sp³-hybridized carbons (Fsp3) is 0.351. The Hall–Kier alpha value is -3.57. The number of ether oxygens (including phenoxy) is 2. The lowest BCUT2D eigenvalue weighted by Crippen LogP contribution is -2.19. The molecule has 4 rings (SSSR count). The van der Waals surface area contributed by atoms with E-state index in [0.29, 0.717) is 22.3 Å². The summed E-state index contributed by atoms with van der Waals surface area (Å²) >= 11 is 0. The van der Waals surface area contributed by atoms with Gasteiger partial charge in [0.1, 0.15) is 17.2 Å². The summed E-state index contributed by atoms with van der Waals surface area (Å²) in [5.74, 6) is 2.62. The fourth-order valence-electron chi connectivity index (χ4n) is 5.34. The van der Waals surface area contributed by atoms with E-state index in [1.54, 1.807) is 36.4 Å². The molecule has 0 heterocycles. The van der Waals surface area contributed by atoms with Crippen molar-refractivity contribution >= 4 is 9.84 Å². The average molecular weight is 585 g/mol. The van der Waals surface area contributed by atoms with Crippen LogP contribution in [0.25, 0.3) is 0 Å². The van der Waals surface area contributed by atoms with Crippen LogP contribution < -0.4 is 9.47 Å². The highest BCUT2D eigenvalue weighted by Crippen LogP contribution is 2.35. The average Bonchev–Trinajstić information content (AvgIpc) is 3.01. The van der Waals surface area contributed by atoms with Crippen molar-refractivity contribution < 1.29 is 17.9 Å². The molecule has 0 saturated heterocycles. The topological polar surface area (TPSA) is 52.6 Å². The summed E-state index contributed by atoms with van der Waals surface area (Å²) in [6.45, 7) is 13.0. The SMILES string of the molecule is CCC(CC)Oc1ccc(C(C)(C)c2ccc(Oc3ccc(S(=O)(=O)c4ccc(C(CC)CC)cc4)cc3)cc2)cc1. The van der Waals surface area contributed by atoms with E-state index in [9.17, 15) is 8.42 Å². The Morgan fingerprint density at radius 3 is 1.40 bits per heavy atom. The Morgan fingerprint density at radius 2 is 0.976 bits per heavy atom. The Bertz CT molecular complexity index is 1510. The smallest absolute Gasteiger partial charge is 0.206 e. The van der Waals surface area contributed by atoms with Gasteiger partial charge in [-0.25, -0.2) is 8.42 Å². The molecule has 0 aliphatic rings. The minimum atomic E-state index is -3.61. The summed E-state index contributed by atoms with van der Waals surface area (Å²) in [4.78, 5) is 0.552. The van der Waals surface area contributed by atoms with E-state index in [1.165, 1.54) is 16.7 Å². The maximum absolute atomic E-state index is 13.2. The van der Waals surface area contributed by atoms with Crippen molar-refractivity contribution in [1.29, 1.82) is 0 Å². The van der Waals surface area contributed by atoms with E-state index < -0.39 is 9.84 Å². The second-order valence-corrected chi connectivity index (χ2v) is 13.3. The van der Waals surface area contributed by atoms with Crippen LogP contribution >= 0.6 is 0 Å². The van der Waals surface area contributed by atoms with Crippen LogP contribution in [0.15, 0.2) is 107 Å². The van der Waals surface area contributed by atoms with Gasteiger partial charge in [0, 0.05) is 5.41 Å². The molecule has 0 unspecified atom stereocenters. The van der Waals surface area contributed by atoms with Gasteiger partial charge in [-0.1, -0.05) is 77.9 Å². The van der Waals surface area contributed by atoms with E-state index in [2.05, 4.69) is 77.9 Å². The summed E-state index contributed by atoms with van der Waals surface area (Å²) in [5, 5.41) is 0. The lowest BCUT2D eigenvalue weighted by molar-refractivity contribution is 0.193. The number of benzene rings is 4. The van der Waals surface area contributed by atoms with E-state index in [-0.39, 0.29) is 16.4 Å². The minimum absolute atomic E-state index is 0.200. The van der Waals surface area contributed by atoms with E-state index in [0.717, 1.165) is 31.4 Å². The molecule has 0 aromatic heterocycles. The summed E-state index contributed by atoms with van der Waals surface area (Å²) < 4.78 is 38.6. The highest BCUT2D eigenvalue weighted by molar-refractivity contribution is 7.91. The van der Waals surface area contributed by atoms with Gasteiger partial charge in [0.25, 0.3) is 0 Å². The number of hydrogen-bond donors (Lipinski definition) is 0. The molecule has 0 aliphatic heterocycles. The molecule has 4 aromatic rings. The van der Waals surface area contributed by atoms with Gasteiger partial charge < -0.3 is 9.47 Å². The van der Waals surface area contributed by atoms with Gasteiger partial charge in [-0.05, 0) is 109 Å². The molecular weight excluding hydrogens is 540 g/mol. The number of rotatable bonds is 13. The zero-order valence-electron chi connectivity index (χ0n) is 25.8. The predicted molar refractivity (Wildman–Crippen MR) is 172 cm³/mol. The van der Waals surface area contributed by atoms with Gasteiger partial charge in [0.05, 0.1) is 15.9 Å². The molecule has 0 fully saturated rings. The summed E-state index contributed by atoms with van der Waals surface area (Å²) in [5.41, 5.74) is 3.35. The normalized spacial score (nSPS) is 12.1. The standard InChI is InChI=1S/C37H44O4S/c1-7-27(8-2)28-11-23-35(24-12-28)42(38,39)36-25-21-34(22-26-36)41-33-19-15-30(16-20-33)37(5,6)29-13-17-32(18-14-29)40-31(9-3)10-4/h11-27,31H,7-10H2,1-6H3. The predicted octanol–water partition coefficient (Wildman–Crippen LogP) is 10.1. The third kappa shape index (κ3) is 7.07. The monoisotopic (exact) mass is 584 g/mol. The van der Waals surface area contributed by atoms with Crippen molar-refractivity contribution in [3.63, 3.8) is 0 Å². The summed E-state index contributed by atoms with van der Waals surface area (Å²) in [7, 11) is -3.61. The van der Waals surface area contributed by atoms with Gasteiger partial charge >= 0.3 is 0 Å². The molecule has 0 atom stereocenters. The van der Waals surface area contributed by atoms with Gasteiger partial charge in [0.15, 0.2) is 0 Å². The van der Waals surface area contributed by atoms with Gasteiger partial charge in [-0.2, -0.15) is 0 Å². The first-order chi connectivity index (χ1) is 20.1. The molecule has 0 bridgehead atoms. The second-order valence-electron chi connectivity index (χ2n) is 11.4. The fourth-order valence-corrected chi connectivity index (χ4v) is 6.60. The molecule has 4 aromatic carbocycles. The van der Waals surface area contributed by atoms with Gasteiger partial charge in [0.2, 0.25) is 9.84 Å².